The standard InChI is InChI=1S/C78H145N2O7P/c1-7-10-13-16-19-22-25-28-30-32-34-36-38-39-40-41-43-45-47-49-51-53-56-59-62-65-68-71-78(82)87-76(69-66-63-60-57-54-27-24-21-18-15-12-9-3)75(74-86-88(83,84)85-73-72-80(4,5)6)79-77(81)70-67-64-61-58-55-52-50-48-46-44-42-37-35-33-31-29-26-23-20-17-14-11-8-2/h19-20,22-23,28-31,34,36,66,69,75-76H,7-18,21,24-27,32-33,35,37-65,67-68,70-74H2,1-6H3,(H-,79,81,83,84)/p+1/b22-19-,23-20-,30-28-,31-29-,36-34-,69-66+. The Balaban J connectivity index is 4.97. The lowest BCUT2D eigenvalue weighted by atomic mass is 10.0. The van der Waals surface area contributed by atoms with Gasteiger partial charge in [-0.1, -0.05) is 319 Å². The maximum atomic E-state index is 13.6. The molecule has 0 aliphatic rings. The predicted octanol–water partition coefficient (Wildman–Crippen LogP) is 24.3. The van der Waals surface area contributed by atoms with Crippen LogP contribution in [0, 0.1) is 0 Å². The topological polar surface area (TPSA) is 111 Å². The van der Waals surface area contributed by atoms with E-state index < -0.39 is 20.0 Å². The van der Waals surface area contributed by atoms with Crippen molar-refractivity contribution in [1.29, 1.82) is 0 Å². The fraction of sp³-hybridized carbons (Fsp3) is 0.821. The van der Waals surface area contributed by atoms with Crippen molar-refractivity contribution in [1.82, 2.24) is 5.32 Å². The molecule has 3 atom stereocenters. The first-order valence-electron chi connectivity index (χ1n) is 37.8. The first-order valence-corrected chi connectivity index (χ1v) is 39.3. The van der Waals surface area contributed by atoms with Gasteiger partial charge in [0.2, 0.25) is 5.91 Å². The summed E-state index contributed by atoms with van der Waals surface area (Å²) >= 11 is 0. The second kappa shape index (κ2) is 67.3. The Kier molecular flexibility index (Phi) is 65.4. The number of phosphoric ester groups is 1. The highest BCUT2D eigenvalue weighted by atomic mass is 31.2. The van der Waals surface area contributed by atoms with Gasteiger partial charge in [-0.3, -0.25) is 18.6 Å². The Bertz CT molecular complexity index is 1730. The maximum Gasteiger partial charge on any atom is 0.472 e. The number of unbranched alkanes of at least 4 members (excludes halogenated alkanes) is 43. The zero-order valence-corrected chi connectivity index (χ0v) is 59.9. The van der Waals surface area contributed by atoms with Crippen molar-refractivity contribution in [2.75, 3.05) is 40.9 Å². The molecule has 0 saturated heterocycles. The third kappa shape index (κ3) is 67.8. The minimum atomic E-state index is -4.46. The maximum absolute atomic E-state index is 13.6. The van der Waals surface area contributed by atoms with Gasteiger partial charge in [0.25, 0.3) is 0 Å². The van der Waals surface area contributed by atoms with Crippen LogP contribution in [0.25, 0.3) is 0 Å². The molecule has 1 amide bonds. The van der Waals surface area contributed by atoms with E-state index in [9.17, 15) is 19.0 Å². The van der Waals surface area contributed by atoms with Crippen LogP contribution in [-0.2, 0) is 27.9 Å². The molecule has 2 N–H and O–H groups in total. The van der Waals surface area contributed by atoms with Crippen molar-refractivity contribution < 1.29 is 37.3 Å². The molecule has 0 heterocycles. The summed E-state index contributed by atoms with van der Waals surface area (Å²) in [5, 5.41) is 3.08. The number of quaternary nitrogens is 1. The number of allylic oxidation sites excluding steroid dienone is 11. The number of phosphoric acid groups is 1. The molecule has 0 spiro atoms. The summed E-state index contributed by atoms with van der Waals surface area (Å²) in [5.74, 6) is -0.493. The lowest BCUT2D eigenvalue weighted by molar-refractivity contribution is -0.870. The quantitative estimate of drug-likeness (QED) is 0.0205. The van der Waals surface area contributed by atoms with Gasteiger partial charge in [-0.25, -0.2) is 4.57 Å². The molecule has 0 aliphatic heterocycles. The fourth-order valence-corrected chi connectivity index (χ4v) is 11.8. The Morgan fingerprint density at radius 1 is 0.398 bits per heavy atom. The highest BCUT2D eigenvalue weighted by Gasteiger charge is 2.30. The Hall–Kier alpha value is -2.55. The third-order valence-corrected chi connectivity index (χ3v) is 17.9. The Morgan fingerprint density at radius 2 is 0.693 bits per heavy atom. The van der Waals surface area contributed by atoms with E-state index in [0.29, 0.717) is 23.9 Å². The van der Waals surface area contributed by atoms with Crippen LogP contribution >= 0.6 is 7.82 Å². The average molecular weight is 1260 g/mol. The van der Waals surface area contributed by atoms with Gasteiger partial charge in [-0.05, 0) is 102 Å². The molecule has 0 saturated carbocycles. The van der Waals surface area contributed by atoms with E-state index in [1.54, 1.807) is 0 Å². The number of nitrogens with zero attached hydrogens (tertiary/aromatic N) is 1. The average Bonchev–Trinajstić information content (AvgIpc) is 3.61. The van der Waals surface area contributed by atoms with Crippen molar-refractivity contribution in [3.05, 3.63) is 72.9 Å². The summed E-state index contributed by atoms with van der Waals surface area (Å²) in [5.41, 5.74) is 0. The van der Waals surface area contributed by atoms with E-state index in [-0.39, 0.29) is 25.1 Å². The van der Waals surface area contributed by atoms with Crippen LogP contribution in [-0.4, -0.2) is 74.3 Å². The molecule has 0 aromatic carbocycles. The third-order valence-electron chi connectivity index (χ3n) is 16.9. The molecule has 0 fully saturated rings. The smallest absolute Gasteiger partial charge is 0.456 e. The minimum Gasteiger partial charge on any atom is -0.456 e. The SMILES string of the molecule is CCCCC/C=C\C/C=C\C/C=C\CCCCCCCCCCCCCCCCC(=O)OC(/C=C/CCCCCCCCCCCC)C(COP(=O)(O)OCC[N+](C)(C)C)NC(=O)CCCCCCCCCCCCCCC/C=C\C/C=C\CCCCC. The zero-order valence-electron chi connectivity index (χ0n) is 59.0. The molecular formula is C78H146N2O7P+. The summed E-state index contributed by atoms with van der Waals surface area (Å²) in [6.45, 7) is 7.01. The molecule has 0 bridgehead atoms. The number of ether oxygens (including phenoxy) is 1. The van der Waals surface area contributed by atoms with Crippen LogP contribution in [0.1, 0.15) is 361 Å². The van der Waals surface area contributed by atoms with Crippen molar-refractivity contribution >= 4 is 19.7 Å². The van der Waals surface area contributed by atoms with Crippen LogP contribution in [0.15, 0.2) is 72.9 Å². The van der Waals surface area contributed by atoms with Crippen LogP contribution in [0.5, 0.6) is 0 Å². The summed E-state index contributed by atoms with van der Waals surface area (Å²) < 4.78 is 30.9. The van der Waals surface area contributed by atoms with Crippen molar-refractivity contribution in [3.8, 4) is 0 Å². The predicted molar refractivity (Wildman–Crippen MR) is 383 cm³/mol. The highest BCUT2D eigenvalue weighted by Crippen LogP contribution is 2.43. The highest BCUT2D eigenvalue weighted by molar-refractivity contribution is 7.47. The first-order chi connectivity index (χ1) is 42.9. The van der Waals surface area contributed by atoms with Crippen molar-refractivity contribution in [2.24, 2.45) is 0 Å². The van der Waals surface area contributed by atoms with E-state index in [2.05, 4.69) is 86.8 Å². The molecule has 0 aliphatic carbocycles. The van der Waals surface area contributed by atoms with E-state index in [0.717, 1.165) is 77.0 Å². The molecule has 9 nitrogen and oxygen atoms in total. The molecule has 3 unspecified atom stereocenters. The summed E-state index contributed by atoms with van der Waals surface area (Å²) in [7, 11) is 1.50. The van der Waals surface area contributed by atoms with E-state index >= 15 is 0 Å². The second-order valence-electron chi connectivity index (χ2n) is 26.8. The van der Waals surface area contributed by atoms with Crippen molar-refractivity contribution in [3.63, 3.8) is 0 Å². The zero-order chi connectivity index (χ0) is 64.2. The van der Waals surface area contributed by atoms with E-state index in [4.69, 9.17) is 13.8 Å². The van der Waals surface area contributed by atoms with Gasteiger partial charge < -0.3 is 19.4 Å². The number of amides is 1. The normalized spacial score (nSPS) is 13.9. The number of carbonyl (C=O) groups is 2. The van der Waals surface area contributed by atoms with Gasteiger partial charge in [0.1, 0.15) is 19.3 Å². The fourth-order valence-electron chi connectivity index (χ4n) is 11.0. The number of rotatable bonds is 69. The van der Waals surface area contributed by atoms with Gasteiger partial charge >= 0.3 is 13.8 Å². The van der Waals surface area contributed by atoms with Gasteiger partial charge in [0.15, 0.2) is 0 Å². The Labute approximate surface area is 546 Å². The number of nitrogens with one attached hydrogen (secondary N) is 1. The molecule has 10 heteroatoms. The minimum absolute atomic E-state index is 0.0398. The van der Waals surface area contributed by atoms with Gasteiger partial charge in [0.05, 0.1) is 33.8 Å². The van der Waals surface area contributed by atoms with Gasteiger partial charge in [-0.15, -0.1) is 0 Å². The summed E-state index contributed by atoms with van der Waals surface area (Å²) in [6.07, 6.45) is 89.2. The molecule has 88 heavy (non-hydrogen) atoms. The van der Waals surface area contributed by atoms with E-state index in [1.807, 2.05) is 33.3 Å². The van der Waals surface area contributed by atoms with Crippen LogP contribution in [0.2, 0.25) is 0 Å². The monoisotopic (exact) mass is 1250 g/mol. The van der Waals surface area contributed by atoms with E-state index in [1.165, 1.54) is 250 Å². The van der Waals surface area contributed by atoms with Crippen LogP contribution in [0.3, 0.4) is 0 Å². The lowest BCUT2D eigenvalue weighted by Crippen LogP contribution is -2.47. The number of hydrogen-bond donors (Lipinski definition) is 2. The molecule has 0 aromatic rings. The molecule has 514 valence electrons. The van der Waals surface area contributed by atoms with Crippen LogP contribution < -0.4 is 5.32 Å². The molecular weight excluding hydrogens is 1110 g/mol. The lowest BCUT2D eigenvalue weighted by Gasteiger charge is -2.27. The number of likely N-dealkylation sites (N-methyl/N-ethyl adjacent to an activating group) is 1. The second-order valence-corrected chi connectivity index (χ2v) is 28.3. The molecule has 0 radical (unpaired) electrons. The first kappa shape index (κ1) is 85.5. The van der Waals surface area contributed by atoms with Gasteiger partial charge in [-0.2, -0.15) is 0 Å². The summed E-state index contributed by atoms with van der Waals surface area (Å²) in [4.78, 5) is 38.0. The number of carbonyl (C=O) groups excluding carboxylic acids is 2. The number of esters is 1. The van der Waals surface area contributed by atoms with Gasteiger partial charge in [0, 0.05) is 12.8 Å². The van der Waals surface area contributed by atoms with Crippen molar-refractivity contribution in [2.45, 2.75) is 373 Å². The largest absolute Gasteiger partial charge is 0.472 e. The Morgan fingerprint density at radius 3 is 1.06 bits per heavy atom. The summed E-state index contributed by atoms with van der Waals surface area (Å²) in [6, 6.07) is -0.851. The molecule has 0 rings (SSSR count). The van der Waals surface area contributed by atoms with Crippen LogP contribution in [0.4, 0.5) is 0 Å². The molecule has 0 aromatic heterocycles. The number of hydrogen-bond acceptors (Lipinski definition) is 6.